The molecule has 9 nitrogen and oxygen atoms in total. The molecule has 248 valence electrons. The molecule has 1 aliphatic heterocycles. The summed E-state index contributed by atoms with van der Waals surface area (Å²) in [6.45, 7) is 12.2. The summed E-state index contributed by atoms with van der Waals surface area (Å²) in [5.74, 6) is -1.82. The highest BCUT2D eigenvalue weighted by molar-refractivity contribution is 5.82. The van der Waals surface area contributed by atoms with Crippen LogP contribution in [0.1, 0.15) is 72.3 Å². The molecule has 0 spiro atoms. The van der Waals surface area contributed by atoms with Crippen molar-refractivity contribution in [2.24, 2.45) is 5.92 Å². The second kappa shape index (κ2) is 14.5. The van der Waals surface area contributed by atoms with Crippen LogP contribution in [0.3, 0.4) is 0 Å². The summed E-state index contributed by atoms with van der Waals surface area (Å²) in [4.78, 5) is 41.4. The Labute approximate surface area is 268 Å². The lowest BCUT2D eigenvalue weighted by Gasteiger charge is -2.34. The number of aliphatic carboxylic acids is 1. The summed E-state index contributed by atoms with van der Waals surface area (Å²) in [6.07, 6.45) is -0.705. The molecule has 1 fully saturated rings. The molecular formula is C35H44F2N4O5. The van der Waals surface area contributed by atoms with Crippen molar-refractivity contribution in [3.05, 3.63) is 80.0 Å². The molecule has 2 atom stereocenters. The summed E-state index contributed by atoms with van der Waals surface area (Å²) in [5.41, 5.74) is 4.20. The minimum atomic E-state index is -1.22. The number of aromatic nitrogens is 2. The van der Waals surface area contributed by atoms with Crippen molar-refractivity contribution >= 4 is 11.9 Å². The van der Waals surface area contributed by atoms with Gasteiger partial charge in [-0.15, -0.1) is 0 Å². The number of aryl methyl sites for hydroxylation is 4. The fourth-order valence-electron chi connectivity index (χ4n) is 6.14. The highest BCUT2D eigenvalue weighted by Crippen LogP contribution is 2.35. The maximum atomic E-state index is 15.8. The summed E-state index contributed by atoms with van der Waals surface area (Å²) < 4.78 is 35.7. The summed E-state index contributed by atoms with van der Waals surface area (Å²) in [6, 6.07) is 6.41. The van der Waals surface area contributed by atoms with Gasteiger partial charge in [0, 0.05) is 37.2 Å². The molecule has 0 saturated carbocycles. The van der Waals surface area contributed by atoms with E-state index >= 15 is 4.39 Å². The van der Waals surface area contributed by atoms with Gasteiger partial charge in [-0.1, -0.05) is 13.8 Å². The van der Waals surface area contributed by atoms with Crippen LogP contribution in [0, 0.1) is 39.4 Å². The van der Waals surface area contributed by atoms with Crippen LogP contribution in [0.25, 0.3) is 11.1 Å². The van der Waals surface area contributed by atoms with Gasteiger partial charge in [0.2, 0.25) is 5.91 Å². The molecule has 1 saturated heterocycles. The maximum Gasteiger partial charge on any atom is 0.305 e. The fourth-order valence-corrected chi connectivity index (χ4v) is 6.14. The smallest absolute Gasteiger partial charge is 0.305 e. The number of ether oxygens (including phenoxy) is 1. The van der Waals surface area contributed by atoms with E-state index in [9.17, 15) is 23.9 Å². The maximum absolute atomic E-state index is 15.8. The number of amides is 1. The largest absolute Gasteiger partial charge is 0.497 e. The molecule has 2 heterocycles. The van der Waals surface area contributed by atoms with Gasteiger partial charge >= 0.3 is 5.97 Å². The number of halogens is 2. The fraction of sp³-hybridized carbons (Fsp3) is 0.486. The Bertz CT molecular complexity index is 1640. The van der Waals surface area contributed by atoms with Gasteiger partial charge in [0.05, 0.1) is 25.3 Å². The summed E-state index contributed by atoms with van der Waals surface area (Å²) in [5, 5.41) is 17.1. The molecule has 2 aromatic carbocycles. The number of carbonyl (C=O) groups excluding carboxylic acids is 1. The van der Waals surface area contributed by atoms with E-state index in [0.717, 1.165) is 21.4 Å². The minimum absolute atomic E-state index is 0.0303. The number of carbonyl (C=O) groups is 2. The molecule has 4 rings (SSSR count). The molecule has 3 aromatic rings. The van der Waals surface area contributed by atoms with Gasteiger partial charge in [-0.05, 0) is 98.2 Å². The van der Waals surface area contributed by atoms with Crippen LogP contribution >= 0.6 is 0 Å². The van der Waals surface area contributed by atoms with Gasteiger partial charge < -0.3 is 15.2 Å². The lowest BCUT2D eigenvalue weighted by atomic mass is 9.90. The van der Waals surface area contributed by atoms with E-state index in [1.54, 1.807) is 39.2 Å². The van der Waals surface area contributed by atoms with Crippen LogP contribution in [-0.4, -0.2) is 64.6 Å². The number of benzene rings is 2. The first-order chi connectivity index (χ1) is 21.7. The monoisotopic (exact) mass is 638 g/mol. The van der Waals surface area contributed by atoms with E-state index in [2.05, 4.69) is 10.4 Å². The van der Waals surface area contributed by atoms with Gasteiger partial charge in [-0.3, -0.25) is 19.3 Å². The first kappa shape index (κ1) is 34.7. The van der Waals surface area contributed by atoms with Crippen LogP contribution in [0.4, 0.5) is 8.78 Å². The Morgan fingerprint density at radius 2 is 1.70 bits per heavy atom. The molecule has 0 radical (unpaired) electrons. The van der Waals surface area contributed by atoms with Crippen LogP contribution < -0.4 is 15.6 Å². The highest BCUT2D eigenvalue weighted by atomic mass is 19.1. The topological polar surface area (TPSA) is 114 Å². The third-order valence-electron chi connectivity index (χ3n) is 8.44. The van der Waals surface area contributed by atoms with E-state index in [4.69, 9.17) is 4.74 Å². The number of hydrogen-bond donors (Lipinski definition) is 2. The Kier molecular flexibility index (Phi) is 11.0. The molecule has 1 aromatic heterocycles. The third kappa shape index (κ3) is 7.99. The van der Waals surface area contributed by atoms with Crippen molar-refractivity contribution in [3.63, 3.8) is 0 Å². The van der Waals surface area contributed by atoms with Gasteiger partial charge in [0.15, 0.2) is 0 Å². The minimum Gasteiger partial charge on any atom is -0.497 e. The summed E-state index contributed by atoms with van der Waals surface area (Å²) >= 11 is 0. The first-order valence-electron chi connectivity index (χ1n) is 15.6. The zero-order chi connectivity index (χ0) is 33.9. The van der Waals surface area contributed by atoms with E-state index in [-0.39, 0.29) is 17.9 Å². The average Bonchev–Trinajstić information content (AvgIpc) is 2.95. The number of nitrogens with one attached hydrogen (secondary N) is 1. The van der Waals surface area contributed by atoms with Crippen molar-refractivity contribution in [2.75, 3.05) is 26.7 Å². The SMILES string of the molecule is COc1cc(C)c(-c2cc(C)c(F)c(C(CC(=O)O)NC(=O)C(CC(C)C)n3nc(CCN4CC(F)C4)cc(C)c3=O)c2)c(C)c1. The van der Waals surface area contributed by atoms with E-state index in [1.165, 1.54) is 0 Å². The van der Waals surface area contributed by atoms with Crippen LogP contribution in [0.5, 0.6) is 5.75 Å². The standard InChI is InChI=1S/C35H44F2N4O5/c1-19(2)10-30(41-35(45)23(6)12-26(39-41)8-9-40-17-25(36)18-40)34(44)38-29(16-31(42)43)28-15-24(11-22(5)33(28)37)32-20(3)13-27(46-7)14-21(32)4/h11-15,19,25,29-30H,8-10,16-18H2,1-7H3,(H,38,44)(H,42,43). The number of likely N-dealkylation sites (tertiary alicyclic amines) is 1. The zero-order valence-electron chi connectivity index (χ0n) is 27.6. The predicted molar refractivity (Wildman–Crippen MR) is 173 cm³/mol. The Hall–Kier alpha value is -4.12. The van der Waals surface area contributed by atoms with Crippen LogP contribution in [-0.2, 0) is 16.0 Å². The molecule has 0 bridgehead atoms. The van der Waals surface area contributed by atoms with Crippen LogP contribution in [0.15, 0.2) is 35.1 Å². The van der Waals surface area contributed by atoms with E-state index in [1.807, 2.05) is 44.7 Å². The third-order valence-corrected chi connectivity index (χ3v) is 8.44. The van der Waals surface area contributed by atoms with Crippen molar-refractivity contribution in [1.82, 2.24) is 20.0 Å². The number of alkyl halides is 1. The Balaban J connectivity index is 1.72. The van der Waals surface area contributed by atoms with Crippen molar-refractivity contribution in [1.29, 1.82) is 0 Å². The molecular weight excluding hydrogens is 594 g/mol. The summed E-state index contributed by atoms with van der Waals surface area (Å²) in [7, 11) is 1.58. The zero-order valence-corrected chi connectivity index (χ0v) is 27.6. The number of carboxylic acids is 1. The van der Waals surface area contributed by atoms with E-state index < -0.39 is 47.9 Å². The lowest BCUT2D eigenvalue weighted by Crippen LogP contribution is -2.49. The van der Waals surface area contributed by atoms with Gasteiger partial charge in [0.25, 0.3) is 5.56 Å². The number of carboxylic acid groups (broad SMARTS) is 1. The average molecular weight is 639 g/mol. The van der Waals surface area contributed by atoms with Crippen molar-refractivity contribution in [2.45, 2.75) is 79.1 Å². The molecule has 46 heavy (non-hydrogen) atoms. The molecule has 11 heteroatoms. The second-order valence-electron chi connectivity index (χ2n) is 12.8. The highest BCUT2D eigenvalue weighted by Gasteiger charge is 2.31. The molecule has 1 aliphatic rings. The van der Waals surface area contributed by atoms with Crippen molar-refractivity contribution in [3.8, 4) is 16.9 Å². The Morgan fingerprint density at radius 3 is 2.26 bits per heavy atom. The molecule has 2 N–H and O–H groups in total. The molecule has 0 aliphatic carbocycles. The van der Waals surface area contributed by atoms with Crippen molar-refractivity contribution < 1.29 is 28.2 Å². The predicted octanol–water partition coefficient (Wildman–Crippen LogP) is 5.41. The lowest BCUT2D eigenvalue weighted by molar-refractivity contribution is -0.138. The first-order valence-corrected chi connectivity index (χ1v) is 15.6. The number of rotatable bonds is 13. The van der Waals surface area contributed by atoms with Crippen LogP contribution in [0.2, 0.25) is 0 Å². The number of hydrogen-bond acceptors (Lipinski definition) is 6. The number of nitrogens with zero attached hydrogens (tertiary/aromatic N) is 3. The molecule has 1 amide bonds. The van der Waals surface area contributed by atoms with Gasteiger partial charge in [-0.2, -0.15) is 5.10 Å². The Morgan fingerprint density at radius 1 is 1.04 bits per heavy atom. The van der Waals surface area contributed by atoms with Gasteiger partial charge in [0.1, 0.15) is 23.8 Å². The van der Waals surface area contributed by atoms with Gasteiger partial charge in [-0.25, -0.2) is 13.5 Å². The second-order valence-corrected chi connectivity index (χ2v) is 12.8. The number of methoxy groups -OCH3 is 1. The normalized spacial score (nSPS) is 15.0. The molecule has 2 unspecified atom stereocenters. The van der Waals surface area contributed by atoms with E-state index in [0.29, 0.717) is 54.2 Å². The quantitative estimate of drug-likeness (QED) is 0.258.